The Balaban J connectivity index is 0.00000243. The first kappa shape index (κ1) is 21.3. The van der Waals surface area contributed by atoms with Gasteiger partial charge in [-0.3, -0.25) is 4.99 Å². The molecule has 0 radical (unpaired) electrons. The van der Waals surface area contributed by atoms with Crippen molar-refractivity contribution in [3.05, 3.63) is 30.6 Å². The van der Waals surface area contributed by atoms with Gasteiger partial charge < -0.3 is 15.2 Å². The Bertz CT molecular complexity index is 702. The number of nitrogens with one attached hydrogen (secondary N) is 2. The van der Waals surface area contributed by atoms with Gasteiger partial charge in [0.1, 0.15) is 0 Å². The Morgan fingerprint density at radius 2 is 2.19 bits per heavy atom. The van der Waals surface area contributed by atoms with Crippen LogP contribution in [0.2, 0.25) is 0 Å². The number of aliphatic imine (C=N–C) groups is 1. The molecule has 0 spiro atoms. The van der Waals surface area contributed by atoms with Gasteiger partial charge in [-0.05, 0) is 51.0 Å². The first-order valence-electron chi connectivity index (χ1n) is 9.27. The van der Waals surface area contributed by atoms with Crippen molar-refractivity contribution in [3.8, 4) is 0 Å². The number of fused-ring (bicyclic) bond motifs is 1. The van der Waals surface area contributed by atoms with Crippen molar-refractivity contribution in [2.45, 2.75) is 50.4 Å². The van der Waals surface area contributed by atoms with Crippen LogP contribution < -0.4 is 10.6 Å². The average molecular weight is 487 g/mol. The molecule has 2 unspecified atom stereocenters. The zero-order chi connectivity index (χ0) is 17.5. The molecule has 1 heterocycles. The lowest BCUT2D eigenvalue weighted by Gasteiger charge is -2.17. The van der Waals surface area contributed by atoms with Crippen molar-refractivity contribution in [2.24, 2.45) is 4.99 Å². The largest absolute Gasteiger partial charge is 0.357 e. The van der Waals surface area contributed by atoms with Gasteiger partial charge in [-0.2, -0.15) is 11.8 Å². The van der Waals surface area contributed by atoms with Gasteiger partial charge in [-0.15, -0.1) is 24.0 Å². The molecule has 1 aromatic carbocycles. The molecule has 1 fully saturated rings. The number of hydrogen-bond acceptors (Lipinski definition) is 3. The molecule has 0 aliphatic heterocycles. The highest BCUT2D eigenvalue weighted by atomic mass is 127. The second kappa shape index (κ2) is 11.0. The van der Waals surface area contributed by atoms with Crippen molar-refractivity contribution < 1.29 is 0 Å². The predicted octanol–water partition coefficient (Wildman–Crippen LogP) is 3.88. The Kier molecular flexibility index (Phi) is 9.04. The lowest BCUT2D eigenvalue weighted by Crippen LogP contribution is -2.42. The van der Waals surface area contributed by atoms with Gasteiger partial charge in [-0.1, -0.05) is 12.1 Å². The highest BCUT2D eigenvalue weighted by Crippen LogP contribution is 2.28. The van der Waals surface area contributed by atoms with Crippen LogP contribution in [-0.4, -0.2) is 46.1 Å². The molecule has 0 bridgehead atoms. The van der Waals surface area contributed by atoms with Crippen LogP contribution in [0.1, 0.15) is 32.6 Å². The van der Waals surface area contributed by atoms with Gasteiger partial charge in [0.05, 0.1) is 17.4 Å². The molecular formula is C19H30IN5S. The third-order valence-corrected chi connectivity index (χ3v) is 5.85. The number of nitrogens with zero attached hydrogens (tertiary/aromatic N) is 3. The van der Waals surface area contributed by atoms with Crippen LogP contribution in [-0.2, 0) is 6.54 Å². The third kappa shape index (κ3) is 5.77. The van der Waals surface area contributed by atoms with Crippen molar-refractivity contribution in [2.75, 3.05) is 19.3 Å². The lowest BCUT2D eigenvalue weighted by molar-refractivity contribution is 0.610. The summed E-state index contributed by atoms with van der Waals surface area (Å²) in [6.45, 7) is 4.78. The number of rotatable bonds is 7. The molecule has 2 N–H and O–H groups in total. The number of thioether (sulfide) groups is 1. The number of imidazole rings is 1. The molecular weight excluding hydrogens is 457 g/mol. The van der Waals surface area contributed by atoms with Crippen molar-refractivity contribution >= 4 is 52.7 Å². The van der Waals surface area contributed by atoms with Crippen LogP contribution >= 0.6 is 35.7 Å². The van der Waals surface area contributed by atoms with Gasteiger partial charge in [0, 0.05) is 30.9 Å². The molecule has 5 nitrogen and oxygen atoms in total. The summed E-state index contributed by atoms with van der Waals surface area (Å²) in [5, 5.41) is 7.79. The van der Waals surface area contributed by atoms with Crippen LogP contribution in [0.5, 0.6) is 0 Å². The van der Waals surface area contributed by atoms with E-state index in [2.05, 4.69) is 51.6 Å². The van der Waals surface area contributed by atoms with E-state index in [1.165, 1.54) is 24.8 Å². The van der Waals surface area contributed by atoms with Gasteiger partial charge >= 0.3 is 0 Å². The van der Waals surface area contributed by atoms with Crippen LogP contribution in [0.25, 0.3) is 11.0 Å². The van der Waals surface area contributed by atoms with Gasteiger partial charge in [0.15, 0.2) is 5.96 Å². The molecule has 26 heavy (non-hydrogen) atoms. The summed E-state index contributed by atoms with van der Waals surface area (Å²) < 4.78 is 2.21. The maximum absolute atomic E-state index is 4.76. The Morgan fingerprint density at radius 1 is 1.35 bits per heavy atom. The Morgan fingerprint density at radius 3 is 2.96 bits per heavy atom. The molecule has 0 amide bonds. The van der Waals surface area contributed by atoms with Gasteiger partial charge in [0.2, 0.25) is 0 Å². The molecule has 1 aromatic heterocycles. The van der Waals surface area contributed by atoms with E-state index in [0.29, 0.717) is 6.04 Å². The molecule has 1 saturated carbocycles. The van der Waals surface area contributed by atoms with E-state index < -0.39 is 0 Å². The van der Waals surface area contributed by atoms with Gasteiger partial charge in [-0.25, -0.2) is 4.98 Å². The molecule has 1 aliphatic rings. The SMILES string of the molecule is CCNC(=NCCCn1cnc2ccccc21)NC1CCC(SC)C1.I. The Hall–Kier alpha value is -0.960. The minimum Gasteiger partial charge on any atom is -0.357 e. The average Bonchev–Trinajstić information content (AvgIpc) is 3.25. The highest BCUT2D eigenvalue weighted by Gasteiger charge is 2.24. The zero-order valence-electron chi connectivity index (χ0n) is 15.6. The number of para-hydroxylation sites is 2. The molecule has 3 rings (SSSR count). The zero-order valence-corrected chi connectivity index (χ0v) is 18.8. The first-order chi connectivity index (χ1) is 12.3. The van der Waals surface area contributed by atoms with Crippen molar-refractivity contribution in [1.82, 2.24) is 20.2 Å². The minimum absolute atomic E-state index is 0. The topological polar surface area (TPSA) is 54.2 Å². The Labute approximate surface area is 177 Å². The summed E-state index contributed by atoms with van der Waals surface area (Å²) in [7, 11) is 0. The van der Waals surface area contributed by atoms with Gasteiger partial charge in [0.25, 0.3) is 0 Å². The minimum atomic E-state index is 0. The summed E-state index contributed by atoms with van der Waals surface area (Å²) in [6, 6.07) is 8.84. The second-order valence-electron chi connectivity index (χ2n) is 6.55. The van der Waals surface area contributed by atoms with E-state index in [1.807, 2.05) is 24.2 Å². The van der Waals surface area contributed by atoms with Crippen LogP contribution in [0.15, 0.2) is 35.6 Å². The maximum Gasteiger partial charge on any atom is 0.191 e. The molecule has 2 aromatic rings. The second-order valence-corrected chi connectivity index (χ2v) is 7.69. The van der Waals surface area contributed by atoms with E-state index >= 15 is 0 Å². The smallest absolute Gasteiger partial charge is 0.191 e. The molecule has 0 saturated heterocycles. The number of halogens is 1. The molecule has 1 aliphatic carbocycles. The number of benzene rings is 1. The lowest BCUT2D eigenvalue weighted by atomic mass is 10.2. The van der Waals surface area contributed by atoms with Crippen molar-refractivity contribution in [1.29, 1.82) is 0 Å². The van der Waals surface area contributed by atoms with Crippen LogP contribution in [0, 0.1) is 0 Å². The van der Waals surface area contributed by atoms with Crippen molar-refractivity contribution in [3.63, 3.8) is 0 Å². The summed E-state index contributed by atoms with van der Waals surface area (Å²) in [4.78, 5) is 9.21. The maximum atomic E-state index is 4.76. The quantitative estimate of drug-likeness (QED) is 0.270. The fourth-order valence-electron chi connectivity index (χ4n) is 3.42. The highest BCUT2D eigenvalue weighted by molar-refractivity contribution is 14.0. The first-order valence-corrected chi connectivity index (χ1v) is 10.6. The third-order valence-electron chi connectivity index (χ3n) is 4.76. The van der Waals surface area contributed by atoms with E-state index in [9.17, 15) is 0 Å². The molecule has 7 heteroatoms. The van der Waals surface area contributed by atoms with E-state index in [1.54, 1.807) is 0 Å². The molecule has 2 atom stereocenters. The fraction of sp³-hybridized carbons (Fsp3) is 0.579. The summed E-state index contributed by atoms with van der Waals surface area (Å²) >= 11 is 1.99. The van der Waals surface area contributed by atoms with E-state index in [-0.39, 0.29) is 24.0 Å². The van der Waals surface area contributed by atoms with Crippen LogP contribution in [0.3, 0.4) is 0 Å². The number of guanidine groups is 1. The number of hydrogen-bond donors (Lipinski definition) is 2. The molecule has 144 valence electrons. The monoisotopic (exact) mass is 487 g/mol. The summed E-state index contributed by atoms with van der Waals surface area (Å²) in [6.07, 6.45) is 8.95. The van der Waals surface area contributed by atoms with E-state index in [0.717, 1.165) is 42.8 Å². The van der Waals surface area contributed by atoms with E-state index in [4.69, 9.17) is 4.99 Å². The summed E-state index contributed by atoms with van der Waals surface area (Å²) in [5.41, 5.74) is 2.26. The fourth-order valence-corrected chi connectivity index (χ4v) is 4.22. The number of aryl methyl sites for hydroxylation is 1. The standard InChI is InChI=1S/C19H29N5S.HI/c1-3-20-19(23-15-9-10-16(13-15)25-2)21-11-6-12-24-14-22-17-7-4-5-8-18(17)24;/h4-5,7-8,14-16H,3,6,9-13H2,1-2H3,(H2,20,21,23);1H. The predicted molar refractivity (Wildman–Crippen MR) is 124 cm³/mol. The normalized spacial score (nSPS) is 20.2. The number of aromatic nitrogens is 2. The van der Waals surface area contributed by atoms with Crippen LogP contribution in [0.4, 0.5) is 0 Å². The summed E-state index contributed by atoms with van der Waals surface area (Å²) in [5.74, 6) is 0.963.